The molecule has 0 bridgehead atoms. The van der Waals surface area contributed by atoms with Crippen LogP contribution >= 0.6 is 0 Å². The maximum Gasteiger partial charge on any atom is 0.222 e. The summed E-state index contributed by atoms with van der Waals surface area (Å²) in [5.74, 6) is 0.866. The summed E-state index contributed by atoms with van der Waals surface area (Å²) in [5.41, 5.74) is 5.57. The van der Waals surface area contributed by atoms with Gasteiger partial charge in [0.15, 0.2) is 0 Å². The smallest absolute Gasteiger partial charge is 0.222 e. The molecule has 0 spiro atoms. The SMILES string of the molecule is CC1CC(NC(=O)C(C)C)CN(CCN)C1. The van der Waals surface area contributed by atoms with Gasteiger partial charge in [-0.1, -0.05) is 20.8 Å². The molecule has 3 N–H and O–H groups in total. The molecule has 2 unspecified atom stereocenters. The van der Waals surface area contributed by atoms with Crippen molar-refractivity contribution in [1.29, 1.82) is 0 Å². The molecule has 1 amide bonds. The molecular formula is C12H25N3O. The average molecular weight is 227 g/mol. The summed E-state index contributed by atoms with van der Waals surface area (Å²) in [4.78, 5) is 14.0. The quantitative estimate of drug-likeness (QED) is 0.732. The monoisotopic (exact) mass is 227 g/mol. The third-order valence-corrected chi connectivity index (χ3v) is 3.05. The number of nitrogens with two attached hydrogens (primary N) is 1. The molecule has 94 valence electrons. The average Bonchev–Trinajstić information content (AvgIpc) is 2.16. The van der Waals surface area contributed by atoms with E-state index in [1.807, 2.05) is 13.8 Å². The molecule has 0 saturated carbocycles. The van der Waals surface area contributed by atoms with Gasteiger partial charge < -0.3 is 11.1 Å². The number of carbonyl (C=O) groups excluding carboxylic acids is 1. The predicted octanol–water partition coefficient (Wildman–Crippen LogP) is 0.428. The second-order valence-corrected chi connectivity index (χ2v) is 5.25. The lowest BCUT2D eigenvalue weighted by Gasteiger charge is -2.36. The molecular weight excluding hydrogens is 202 g/mol. The fourth-order valence-corrected chi connectivity index (χ4v) is 2.30. The van der Waals surface area contributed by atoms with Crippen LogP contribution in [0.5, 0.6) is 0 Å². The van der Waals surface area contributed by atoms with Gasteiger partial charge in [0.1, 0.15) is 0 Å². The predicted molar refractivity (Wildman–Crippen MR) is 66.0 cm³/mol. The summed E-state index contributed by atoms with van der Waals surface area (Å²) in [6, 6.07) is 0.296. The Labute approximate surface area is 98.6 Å². The van der Waals surface area contributed by atoms with Crippen molar-refractivity contribution in [1.82, 2.24) is 10.2 Å². The normalized spacial score (nSPS) is 27.1. The van der Waals surface area contributed by atoms with Crippen LogP contribution in [0.15, 0.2) is 0 Å². The first kappa shape index (κ1) is 13.5. The van der Waals surface area contributed by atoms with Crippen molar-refractivity contribution in [2.45, 2.75) is 33.2 Å². The lowest BCUT2D eigenvalue weighted by Crippen LogP contribution is -2.52. The Hall–Kier alpha value is -0.610. The van der Waals surface area contributed by atoms with Crippen LogP contribution in [0.1, 0.15) is 27.2 Å². The van der Waals surface area contributed by atoms with Gasteiger partial charge in [-0.3, -0.25) is 9.69 Å². The molecule has 4 heteroatoms. The summed E-state index contributed by atoms with van der Waals surface area (Å²) < 4.78 is 0. The topological polar surface area (TPSA) is 58.4 Å². The summed E-state index contributed by atoms with van der Waals surface area (Å²) >= 11 is 0. The fourth-order valence-electron chi connectivity index (χ4n) is 2.30. The summed E-state index contributed by atoms with van der Waals surface area (Å²) in [5, 5.41) is 3.12. The zero-order valence-corrected chi connectivity index (χ0v) is 10.7. The number of carbonyl (C=O) groups is 1. The zero-order valence-electron chi connectivity index (χ0n) is 10.7. The van der Waals surface area contributed by atoms with Gasteiger partial charge in [-0.25, -0.2) is 0 Å². The van der Waals surface area contributed by atoms with Gasteiger partial charge in [0, 0.05) is 38.1 Å². The minimum atomic E-state index is 0.0696. The molecule has 1 aliphatic rings. The van der Waals surface area contributed by atoms with Crippen LogP contribution in [0.4, 0.5) is 0 Å². The van der Waals surface area contributed by atoms with Gasteiger partial charge in [-0.15, -0.1) is 0 Å². The summed E-state index contributed by atoms with van der Waals surface area (Å²) in [6.45, 7) is 9.76. The number of nitrogens with zero attached hydrogens (tertiary/aromatic N) is 1. The molecule has 2 atom stereocenters. The number of likely N-dealkylation sites (tertiary alicyclic amines) is 1. The summed E-state index contributed by atoms with van der Waals surface area (Å²) in [7, 11) is 0. The molecule has 1 fully saturated rings. The fraction of sp³-hybridized carbons (Fsp3) is 0.917. The first-order valence-corrected chi connectivity index (χ1v) is 6.25. The molecule has 16 heavy (non-hydrogen) atoms. The van der Waals surface area contributed by atoms with E-state index >= 15 is 0 Å². The van der Waals surface area contributed by atoms with Crippen molar-refractivity contribution in [2.24, 2.45) is 17.6 Å². The molecule has 4 nitrogen and oxygen atoms in total. The van der Waals surface area contributed by atoms with E-state index in [0.717, 1.165) is 26.1 Å². The van der Waals surface area contributed by atoms with Crippen molar-refractivity contribution < 1.29 is 4.79 Å². The van der Waals surface area contributed by atoms with Crippen LogP contribution in [0.2, 0.25) is 0 Å². The van der Waals surface area contributed by atoms with E-state index in [2.05, 4.69) is 17.1 Å². The van der Waals surface area contributed by atoms with E-state index in [1.165, 1.54) is 0 Å². The van der Waals surface area contributed by atoms with Gasteiger partial charge >= 0.3 is 0 Å². The van der Waals surface area contributed by atoms with Crippen molar-refractivity contribution in [3.63, 3.8) is 0 Å². The third kappa shape index (κ3) is 4.10. The van der Waals surface area contributed by atoms with Crippen molar-refractivity contribution >= 4 is 5.91 Å². The number of hydrogen-bond donors (Lipinski definition) is 2. The van der Waals surface area contributed by atoms with Gasteiger partial charge in [0.05, 0.1) is 0 Å². The Kier molecular flexibility index (Phi) is 5.22. The molecule has 0 aromatic rings. The second kappa shape index (κ2) is 6.21. The standard InChI is InChI=1S/C12H25N3O/c1-9(2)12(16)14-11-6-10(3)7-15(8-11)5-4-13/h9-11H,4-8,13H2,1-3H3,(H,14,16). The molecule has 1 aliphatic heterocycles. The highest BCUT2D eigenvalue weighted by atomic mass is 16.1. The third-order valence-electron chi connectivity index (χ3n) is 3.05. The molecule has 1 heterocycles. The molecule has 0 aromatic heterocycles. The van der Waals surface area contributed by atoms with E-state index < -0.39 is 0 Å². The van der Waals surface area contributed by atoms with Crippen LogP contribution in [-0.2, 0) is 4.79 Å². The van der Waals surface area contributed by atoms with Crippen LogP contribution in [-0.4, -0.2) is 43.0 Å². The Balaban J connectivity index is 2.44. The maximum atomic E-state index is 11.6. The molecule has 1 rings (SSSR count). The van der Waals surface area contributed by atoms with Gasteiger partial charge in [0.25, 0.3) is 0 Å². The number of nitrogens with one attached hydrogen (secondary N) is 1. The van der Waals surface area contributed by atoms with E-state index in [0.29, 0.717) is 18.5 Å². The van der Waals surface area contributed by atoms with Crippen molar-refractivity contribution in [3.8, 4) is 0 Å². The Morgan fingerprint density at radius 2 is 2.19 bits per heavy atom. The van der Waals surface area contributed by atoms with Crippen LogP contribution in [0.3, 0.4) is 0 Å². The molecule has 0 aromatic carbocycles. The Morgan fingerprint density at radius 3 is 2.75 bits per heavy atom. The number of amides is 1. The first-order chi connectivity index (χ1) is 7.52. The molecule has 1 saturated heterocycles. The largest absolute Gasteiger partial charge is 0.352 e. The lowest BCUT2D eigenvalue weighted by molar-refractivity contribution is -0.125. The van der Waals surface area contributed by atoms with E-state index in [1.54, 1.807) is 0 Å². The maximum absolute atomic E-state index is 11.6. The van der Waals surface area contributed by atoms with Crippen LogP contribution < -0.4 is 11.1 Å². The van der Waals surface area contributed by atoms with Crippen LogP contribution in [0.25, 0.3) is 0 Å². The van der Waals surface area contributed by atoms with Gasteiger partial charge in [-0.2, -0.15) is 0 Å². The summed E-state index contributed by atoms with van der Waals surface area (Å²) in [6.07, 6.45) is 1.08. The van der Waals surface area contributed by atoms with E-state index in [-0.39, 0.29) is 11.8 Å². The van der Waals surface area contributed by atoms with E-state index in [9.17, 15) is 4.79 Å². The van der Waals surface area contributed by atoms with Gasteiger partial charge in [-0.05, 0) is 12.3 Å². The Bertz CT molecular complexity index is 230. The number of rotatable bonds is 4. The highest BCUT2D eigenvalue weighted by Gasteiger charge is 2.25. The second-order valence-electron chi connectivity index (χ2n) is 5.25. The number of piperidine rings is 1. The molecule has 0 radical (unpaired) electrons. The highest BCUT2D eigenvalue weighted by Crippen LogP contribution is 2.16. The van der Waals surface area contributed by atoms with Gasteiger partial charge in [0.2, 0.25) is 5.91 Å². The lowest BCUT2D eigenvalue weighted by atomic mass is 9.95. The minimum absolute atomic E-state index is 0.0696. The van der Waals surface area contributed by atoms with Crippen molar-refractivity contribution in [3.05, 3.63) is 0 Å². The zero-order chi connectivity index (χ0) is 12.1. The van der Waals surface area contributed by atoms with E-state index in [4.69, 9.17) is 5.73 Å². The van der Waals surface area contributed by atoms with Crippen LogP contribution in [0, 0.1) is 11.8 Å². The number of hydrogen-bond acceptors (Lipinski definition) is 3. The molecule has 0 aliphatic carbocycles. The minimum Gasteiger partial charge on any atom is -0.352 e. The first-order valence-electron chi connectivity index (χ1n) is 6.25. The highest BCUT2D eigenvalue weighted by molar-refractivity contribution is 5.78. The van der Waals surface area contributed by atoms with Crippen molar-refractivity contribution in [2.75, 3.05) is 26.2 Å². The Morgan fingerprint density at radius 1 is 1.50 bits per heavy atom.